The van der Waals surface area contributed by atoms with Crippen molar-refractivity contribution in [2.75, 3.05) is 13.7 Å². The summed E-state index contributed by atoms with van der Waals surface area (Å²) in [6.45, 7) is 0.102. The Balaban J connectivity index is 1.68. The molecule has 0 aliphatic heterocycles. The van der Waals surface area contributed by atoms with E-state index >= 15 is 0 Å². The summed E-state index contributed by atoms with van der Waals surface area (Å²) in [7, 11) is 1.54. The molecule has 11 heteroatoms. The Morgan fingerprint density at radius 1 is 1.00 bits per heavy atom. The molecule has 36 heavy (non-hydrogen) atoms. The molecule has 0 saturated carbocycles. The fourth-order valence-corrected chi connectivity index (χ4v) is 3.50. The van der Waals surface area contributed by atoms with Gasteiger partial charge < -0.3 is 14.6 Å². The van der Waals surface area contributed by atoms with Crippen molar-refractivity contribution in [3.8, 4) is 17.4 Å². The van der Waals surface area contributed by atoms with Gasteiger partial charge in [0.05, 0.1) is 25.5 Å². The molecule has 0 unspecified atom stereocenters. The van der Waals surface area contributed by atoms with E-state index in [1.807, 2.05) is 0 Å². The summed E-state index contributed by atoms with van der Waals surface area (Å²) in [5, 5.41) is 9.72. The van der Waals surface area contributed by atoms with Gasteiger partial charge in [-0.1, -0.05) is 23.7 Å². The summed E-state index contributed by atoms with van der Waals surface area (Å²) in [6, 6.07) is 17.3. The highest BCUT2D eigenvalue weighted by atomic mass is 35.5. The molecular formula is C25H24ClN5O5. The molecule has 4 aromatic rings. The van der Waals surface area contributed by atoms with Gasteiger partial charge in [0.15, 0.2) is 0 Å². The van der Waals surface area contributed by atoms with E-state index in [0.29, 0.717) is 28.1 Å². The molecule has 0 aliphatic rings. The summed E-state index contributed by atoms with van der Waals surface area (Å²) in [4.78, 5) is 37.1. The minimum absolute atomic E-state index is 0.0812. The highest BCUT2D eigenvalue weighted by Crippen LogP contribution is 2.24. The Bertz CT molecular complexity index is 1490. The minimum atomic E-state index is -0.605. The second-order valence-corrected chi connectivity index (χ2v) is 8.16. The summed E-state index contributed by atoms with van der Waals surface area (Å²) < 4.78 is 13.2. The average molecular weight is 510 g/mol. The topological polar surface area (TPSA) is 124 Å². The molecular weight excluding hydrogens is 486 g/mol. The number of methoxy groups -OCH3 is 1. The van der Waals surface area contributed by atoms with Crippen LogP contribution >= 0.6 is 11.6 Å². The lowest BCUT2D eigenvalue weighted by molar-refractivity contribution is 0.276. The van der Waals surface area contributed by atoms with E-state index in [1.165, 1.54) is 11.7 Å². The molecule has 2 aromatic heterocycles. The molecule has 4 rings (SSSR count). The van der Waals surface area contributed by atoms with Crippen molar-refractivity contribution in [1.29, 1.82) is 0 Å². The number of aliphatic hydroxyl groups excluding tert-OH is 1. The molecule has 0 saturated heterocycles. The highest BCUT2D eigenvalue weighted by Gasteiger charge is 2.10. The van der Waals surface area contributed by atoms with Crippen molar-refractivity contribution < 1.29 is 14.6 Å². The SMILES string of the molecule is COc1ccc(Oc2ccc(/N=c3\[nH]c(=O)n(CCCO)c(=O)n3Cc3ccc(Cl)cc3)cc2)cn1. The number of hydrogen-bond donors (Lipinski definition) is 2. The number of ether oxygens (including phenoxy) is 2. The van der Waals surface area contributed by atoms with Gasteiger partial charge in [0.25, 0.3) is 0 Å². The standard InChI is InChI=1S/C25H24ClN5O5/c1-35-22-12-11-21(15-27-22)36-20-9-7-19(8-10-20)28-23-29-24(33)30(13-2-14-32)25(34)31(23)16-17-3-5-18(26)6-4-17/h3-12,15,32H,2,13-14,16H2,1H3,(H,28,29,33). The summed E-state index contributed by atoms with van der Waals surface area (Å²) in [6.07, 6.45) is 1.82. The van der Waals surface area contributed by atoms with Crippen molar-refractivity contribution in [3.05, 3.63) is 104 Å². The van der Waals surface area contributed by atoms with Crippen LogP contribution in [0.5, 0.6) is 17.4 Å². The Hall–Kier alpha value is -4.15. The number of aliphatic hydroxyl groups is 1. The van der Waals surface area contributed by atoms with Crippen molar-refractivity contribution in [1.82, 2.24) is 19.1 Å². The predicted octanol–water partition coefficient (Wildman–Crippen LogP) is 2.85. The average Bonchev–Trinajstić information content (AvgIpc) is 2.89. The smallest absolute Gasteiger partial charge is 0.335 e. The van der Waals surface area contributed by atoms with Gasteiger partial charge in [-0.2, -0.15) is 0 Å². The molecule has 186 valence electrons. The van der Waals surface area contributed by atoms with E-state index < -0.39 is 11.4 Å². The molecule has 0 atom stereocenters. The fraction of sp³-hybridized carbons (Fsp3) is 0.200. The zero-order valence-corrected chi connectivity index (χ0v) is 20.2. The van der Waals surface area contributed by atoms with Gasteiger partial charge in [-0.3, -0.25) is 9.55 Å². The lowest BCUT2D eigenvalue weighted by Gasteiger charge is -2.11. The molecule has 0 fully saturated rings. The van der Waals surface area contributed by atoms with E-state index in [0.717, 1.165) is 10.1 Å². The van der Waals surface area contributed by atoms with Crippen LogP contribution < -0.4 is 26.5 Å². The minimum Gasteiger partial charge on any atom is -0.481 e. The van der Waals surface area contributed by atoms with Crippen LogP contribution in [0.4, 0.5) is 5.69 Å². The third kappa shape index (κ3) is 6.09. The lowest BCUT2D eigenvalue weighted by Crippen LogP contribution is -2.50. The highest BCUT2D eigenvalue weighted by molar-refractivity contribution is 6.30. The van der Waals surface area contributed by atoms with Crippen molar-refractivity contribution >= 4 is 17.3 Å². The van der Waals surface area contributed by atoms with E-state index in [4.69, 9.17) is 26.2 Å². The Labute approximate surface area is 210 Å². The van der Waals surface area contributed by atoms with Crippen LogP contribution in [0, 0.1) is 0 Å². The van der Waals surface area contributed by atoms with Gasteiger partial charge >= 0.3 is 11.4 Å². The molecule has 0 spiro atoms. The number of nitrogens with one attached hydrogen (secondary N) is 1. The van der Waals surface area contributed by atoms with Gasteiger partial charge in [-0.15, -0.1) is 0 Å². The van der Waals surface area contributed by atoms with E-state index in [1.54, 1.807) is 66.9 Å². The van der Waals surface area contributed by atoms with Gasteiger partial charge in [0.1, 0.15) is 11.5 Å². The number of halogens is 1. The number of aromatic nitrogens is 4. The monoisotopic (exact) mass is 509 g/mol. The third-order valence-corrected chi connectivity index (χ3v) is 5.45. The first-order chi connectivity index (χ1) is 17.5. The Kier molecular flexibility index (Phi) is 7.99. The van der Waals surface area contributed by atoms with Gasteiger partial charge in [-0.25, -0.2) is 24.1 Å². The first-order valence-corrected chi connectivity index (χ1v) is 11.5. The van der Waals surface area contributed by atoms with Gasteiger partial charge in [0.2, 0.25) is 11.5 Å². The molecule has 0 aliphatic carbocycles. The maximum atomic E-state index is 13.2. The zero-order valence-electron chi connectivity index (χ0n) is 19.4. The quantitative estimate of drug-likeness (QED) is 0.357. The number of hydrogen-bond acceptors (Lipinski definition) is 7. The molecule has 0 bridgehead atoms. The Morgan fingerprint density at radius 2 is 1.72 bits per heavy atom. The van der Waals surface area contributed by atoms with Crippen molar-refractivity contribution in [3.63, 3.8) is 0 Å². The van der Waals surface area contributed by atoms with E-state index in [2.05, 4.69) is 15.0 Å². The Morgan fingerprint density at radius 3 is 2.36 bits per heavy atom. The maximum absolute atomic E-state index is 13.2. The molecule has 2 N–H and O–H groups in total. The molecule has 2 heterocycles. The summed E-state index contributed by atoms with van der Waals surface area (Å²) in [5.41, 5.74) is 0.256. The largest absolute Gasteiger partial charge is 0.481 e. The van der Waals surface area contributed by atoms with Crippen LogP contribution in [0.15, 0.2) is 81.4 Å². The van der Waals surface area contributed by atoms with Crippen LogP contribution in [0.25, 0.3) is 0 Å². The lowest BCUT2D eigenvalue weighted by atomic mass is 10.2. The first-order valence-electron chi connectivity index (χ1n) is 11.1. The van der Waals surface area contributed by atoms with Crippen molar-refractivity contribution in [2.24, 2.45) is 4.99 Å². The summed E-state index contributed by atoms with van der Waals surface area (Å²) in [5.74, 6) is 1.58. The number of pyridine rings is 1. The van der Waals surface area contributed by atoms with E-state index in [-0.39, 0.29) is 31.7 Å². The van der Waals surface area contributed by atoms with Crippen LogP contribution in [-0.4, -0.2) is 37.9 Å². The van der Waals surface area contributed by atoms with E-state index in [9.17, 15) is 9.59 Å². The normalized spacial score (nSPS) is 11.5. The number of benzene rings is 2. The number of H-pyrrole nitrogens is 1. The fourth-order valence-electron chi connectivity index (χ4n) is 3.38. The molecule has 0 amide bonds. The number of nitrogens with zero attached hydrogens (tertiary/aromatic N) is 4. The van der Waals surface area contributed by atoms with Crippen molar-refractivity contribution in [2.45, 2.75) is 19.5 Å². The van der Waals surface area contributed by atoms with Crippen LogP contribution in [0.1, 0.15) is 12.0 Å². The molecule has 2 aromatic carbocycles. The first kappa shape index (κ1) is 25.0. The molecule has 0 radical (unpaired) electrons. The maximum Gasteiger partial charge on any atom is 0.335 e. The zero-order chi connectivity index (χ0) is 25.5. The second-order valence-electron chi connectivity index (χ2n) is 7.72. The number of rotatable bonds is 9. The second kappa shape index (κ2) is 11.5. The van der Waals surface area contributed by atoms with Crippen LogP contribution in [-0.2, 0) is 13.1 Å². The predicted molar refractivity (Wildman–Crippen MR) is 134 cm³/mol. The summed E-state index contributed by atoms with van der Waals surface area (Å²) >= 11 is 5.98. The van der Waals surface area contributed by atoms with Gasteiger partial charge in [-0.05, 0) is 54.4 Å². The third-order valence-electron chi connectivity index (χ3n) is 5.20. The van der Waals surface area contributed by atoms with Crippen LogP contribution in [0.3, 0.4) is 0 Å². The molecule has 10 nitrogen and oxygen atoms in total. The van der Waals surface area contributed by atoms with Crippen LogP contribution in [0.2, 0.25) is 5.02 Å². The van der Waals surface area contributed by atoms with Gasteiger partial charge in [0, 0.05) is 24.2 Å². The number of aromatic amines is 1.